The minimum Gasteiger partial charge on any atom is -0.342 e. The molecule has 0 radical (unpaired) electrons. The van der Waals surface area contributed by atoms with Crippen LogP contribution < -0.4 is 0 Å². The standard InChI is InChI=1S/C11H18N2O2S/c1-2-12-8-9(7-10(12)14)11(15)13-3-5-16-6-4-13/h9H,2-8H2,1H3/t9-/m0/s1. The van der Waals surface area contributed by atoms with Crippen molar-refractivity contribution >= 4 is 23.6 Å². The predicted molar refractivity (Wildman–Crippen MR) is 64.3 cm³/mol. The third-order valence-electron chi connectivity index (χ3n) is 3.27. The van der Waals surface area contributed by atoms with E-state index in [-0.39, 0.29) is 17.7 Å². The van der Waals surface area contributed by atoms with Crippen LogP contribution in [-0.4, -0.2) is 59.3 Å². The molecule has 4 nitrogen and oxygen atoms in total. The highest BCUT2D eigenvalue weighted by Gasteiger charge is 2.35. The lowest BCUT2D eigenvalue weighted by atomic mass is 10.1. The van der Waals surface area contributed by atoms with Gasteiger partial charge in [0.2, 0.25) is 11.8 Å². The Morgan fingerprint density at radius 2 is 2.12 bits per heavy atom. The summed E-state index contributed by atoms with van der Waals surface area (Å²) in [4.78, 5) is 27.4. The van der Waals surface area contributed by atoms with Crippen LogP contribution in [0.2, 0.25) is 0 Å². The average molecular weight is 242 g/mol. The first kappa shape index (κ1) is 11.8. The molecule has 0 aromatic heterocycles. The smallest absolute Gasteiger partial charge is 0.228 e. The summed E-state index contributed by atoms with van der Waals surface area (Å²) in [6.45, 7) is 5.00. The van der Waals surface area contributed by atoms with E-state index in [0.717, 1.165) is 31.1 Å². The molecule has 2 heterocycles. The van der Waals surface area contributed by atoms with Crippen LogP contribution >= 0.6 is 11.8 Å². The normalized spacial score (nSPS) is 26.3. The summed E-state index contributed by atoms with van der Waals surface area (Å²) in [6, 6.07) is 0. The summed E-state index contributed by atoms with van der Waals surface area (Å²) in [5.41, 5.74) is 0. The fourth-order valence-electron chi connectivity index (χ4n) is 2.29. The van der Waals surface area contributed by atoms with Crippen molar-refractivity contribution in [2.75, 3.05) is 37.7 Å². The van der Waals surface area contributed by atoms with Crippen LogP contribution in [0, 0.1) is 5.92 Å². The molecule has 0 N–H and O–H groups in total. The first-order valence-electron chi connectivity index (χ1n) is 5.86. The van der Waals surface area contributed by atoms with E-state index in [1.54, 1.807) is 4.90 Å². The molecule has 0 aromatic rings. The van der Waals surface area contributed by atoms with E-state index in [2.05, 4.69) is 0 Å². The Morgan fingerprint density at radius 3 is 2.69 bits per heavy atom. The second-order valence-electron chi connectivity index (χ2n) is 4.27. The molecule has 0 unspecified atom stereocenters. The number of nitrogens with zero attached hydrogens (tertiary/aromatic N) is 2. The van der Waals surface area contributed by atoms with Crippen molar-refractivity contribution in [3.63, 3.8) is 0 Å². The fourth-order valence-corrected chi connectivity index (χ4v) is 3.19. The van der Waals surface area contributed by atoms with E-state index in [4.69, 9.17) is 0 Å². The Labute approximate surface area is 100 Å². The first-order valence-corrected chi connectivity index (χ1v) is 7.02. The molecular formula is C11H18N2O2S. The van der Waals surface area contributed by atoms with Crippen molar-refractivity contribution in [2.45, 2.75) is 13.3 Å². The zero-order valence-electron chi connectivity index (χ0n) is 9.65. The van der Waals surface area contributed by atoms with Crippen molar-refractivity contribution < 1.29 is 9.59 Å². The first-order chi connectivity index (χ1) is 7.72. The summed E-state index contributed by atoms with van der Waals surface area (Å²) >= 11 is 1.89. The van der Waals surface area contributed by atoms with Gasteiger partial charge in [0, 0.05) is 44.1 Å². The lowest BCUT2D eigenvalue weighted by molar-refractivity contribution is -0.135. The largest absolute Gasteiger partial charge is 0.342 e. The number of hydrogen-bond acceptors (Lipinski definition) is 3. The topological polar surface area (TPSA) is 40.6 Å². The van der Waals surface area contributed by atoms with Crippen molar-refractivity contribution in [3.8, 4) is 0 Å². The van der Waals surface area contributed by atoms with Gasteiger partial charge in [-0.3, -0.25) is 9.59 Å². The minimum absolute atomic E-state index is 0.0875. The van der Waals surface area contributed by atoms with Gasteiger partial charge in [-0.1, -0.05) is 0 Å². The van der Waals surface area contributed by atoms with Crippen LogP contribution in [0.1, 0.15) is 13.3 Å². The summed E-state index contributed by atoms with van der Waals surface area (Å²) in [5.74, 6) is 2.29. The third-order valence-corrected chi connectivity index (χ3v) is 4.21. The van der Waals surface area contributed by atoms with Crippen LogP contribution in [-0.2, 0) is 9.59 Å². The highest BCUT2D eigenvalue weighted by molar-refractivity contribution is 7.99. The molecule has 0 aromatic carbocycles. The molecule has 2 rings (SSSR count). The second kappa shape index (κ2) is 5.08. The number of amides is 2. The monoisotopic (exact) mass is 242 g/mol. The van der Waals surface area contributed by atoms with Crippen LogP contribution in [0.4, 0.5) is 0 Å². The van der Waals surface area contributed by atoms with Crippen molar-refractivity contribution in [3.05, 3.63) is 0 Å². The Kier molecular flexibility index (Phi) is 3.74. The number of hydrogen-bond donors (Lipinski definition) is 0. The van der Waals surface area contributed by atoms with Crippen molar-refractivity contribution in [1.29, 1.82) is 0 Å². The zero-order valence-corrected chi connectivity index (χ0v) is 10.5. The molecular weight excluding hydrogens is 224 g/mol. The molecule has 2 amide bonds. The Bertz CT molecular complexity index is 290. The summed E-state index contributed by atoms with van der Waals surface area (Å²) in [6.07, 6.45) is 0.413. The second-order valence-corrected chi connectivity index (χ2v) is 5.50. The van der Waals surface area contributed by atoms with Crippen LogP contribution in [0.5, 0.6) is 0 Å². The molecule has 2 saturated heterocycles. The van der Waals surface area contributed by atoms with E-state index >= 15 is 0 Å². The van der Waals surface area contributed by atoms with E-state index in [0.29, 0.717) is 13.0 Å². The van der Waals surface area contributed by atoms with Gasteiger partial charge in [-0.15, -0.1) is 0 Å². The van der Waals surface area contributed by atoms with Gasteiger partial charge in [0.1, 0.15) is 0 Å². The summed E-state index contributed by atoms with van der Waals surface area (Å²) < 4.78 is 0. The Hall–Kier alpha value is -0.710. The number of carbonyl (C=O) groups is 2. The minimum atomic E-state index is -0.0875. The lowest BCUT2D eigenvalue weighted by Crippen LogP contribution is -2.42. The average Bonchev–Trinajstić information content (AvgIpc) is 2.71. The number of likely N-dealkylation sites (tertiary alicyclic amines) is 1. The van der Waals surface area contributed by atoms with E-state index in [1.165, 1.54) is 0 Å². The van der Waals surface area contributed by atoms with E-state index < -0.39 is 0 Å². The highest BCUT2D eigenvalue weighted by Crippen LogP contribution is 2.21. The van der Waals surface area contributed by atoms with Crippen LogP contribution in [0.3, 0.4) is 0 Å². The van der Waals surface area contributed by atoms with Gasteiger partial charge < -0.3 is 9.80 Å². The molecule has 16 heavy (non-hydrogen) atoms. The van der Waals surface area contributed by atoms with E-state index in [9.17, 15) is 9.59 Å². The highest BCUT2D eigenvalue weighted by atomic mass is 32.2. The number of thioether (sulfide) groups is 1. The molecule has 1 atom stereocenters. The summed E-state index contributed by atoms with van der Waals surface area (Å²) in [7, 11) is 0. The Morgan fingerprint density at radius 1 is 1.44 bits per heavy atom. The summed E-state index contributed by atoms with van der Waals surface area (Å²) in [5, 5.41) is 0. The maximum Gasteiger partial charge on any atom is 0.228 e. The molecule has 0 bridgehead atoms. The maximum atomic E-state index is 12.1. The molecule has 2 fully saturated rings. The SMILES string of the molecule is CCN1C[C@@H](C(=O)N2CCSCC2)CC1=O. The third kappa shape index (κ3) is 2.34. The van der Waals surface area contributed by atoms with Gasteiger partial charge in [-0.05, 0) is 6.92 Å². The van der Waals surface area contributed by atoms with Gasteiger partial charge in [-0.2, -0.15) is 11.8 Å². The Balaban J connectivity index is 1.92. The zero-order chi connectivity index (χ0) is 11.5. The van der Waals surface area contributed by atoms with Gasteiger partial charge in [0.05, 0.1) is 5.92 Å². The van der Waals surface area contributed by atoms with Crippen LogP contribution in [0.25, 0.3) is 0 Å². The molecule has 0 aliphatic carbocycles. The quantitative estimate of drug-likeness (QED) is 0.705. The number of rotatable bonds is 2. The van der Waals surface area contributed by atoms with E-state index in [1.807, 2.05) is 23.6 Å². The molecule has 2 aliphatic rings. The van der Waals surface area contributed by atoms with Crippen molar-refractivity contribution in [1.82, 2.24) is 9.80 Å². The number of carbonyl (C=O) groups excluding carboxylic acids is 2. The molecule has 0 saturated carbocycles. The predicted octanol–water partition coefficient (Wildman–Crippen LogP) is 0.430. The molecule has 0 spiro atoms. The van der Waals surface area contributed by atoms with Gasteiger partial charge >= 0.3 is 0 Å². The maximum absolute atomic E-state index is 12.1. The molecule has 5 heteroatoms. The van der Waals surface area contributed by atoms with Gasteiger partial charge in [0.15, 0.2) is 0 Å². The molecule has 90 valence electrons. The van der Waals surface area contributed by atoms with Crippen molar-refractivity contribution in [2.24, 2.45) is 5.92 Å². The molecule has 2 aliphatic heterocycles. The lowest BCUT2D eigenvalue weighted by Gasteiger charge is -2.28. The van der Waals surface area contributed by atoms with Gasteiger partial charge in [0.25, 0.3) is 0 Å². The van der Waals surface area contributed by atoms with Crippen LogP contribution in [0.15, 0.2) is 0 Å². The fraction of sp³-hybridized carbons (Fsp3) is 0.818. The van der Waals surface area contributed by atoms with Gasteiger partial charge in [-0.25, -0.2) is 0 Å².